The fraction of sp³-hybridized carbons (Fsp3) is 0.174. The third-order valence-electron chi connectivity index (χ3n) is 4.84. The van der Waals surface area contributed by atoms with Gasteiger partial charge < -0.3 is 9.15 Å². The molecule has 2 aromatic carbocycles. The number of amides is 1. The van der Waals surface area contributed by atoms with E-state index in [0.717, 1.165) is 22.9 Å². The zero-order chi connectivity index (χ0) is 21.1. The summed E-state index contributed by atoms with van der Waals surface area (Å²) in [5.41, 5.74) is 2.52. The van der Waals surface area contributed by atoms with E-state index in [1.54, 1.807) is 12.1 Å². The molecule has 4 rings (SSSR count). The van der Waals surface area contributed by atoms with Crippen LogP contribution in [0.25, 0.3) is 0 Å². The van der Waals surface area contributed by atoms with Gasteiger partial charge in [0.1, 0.15) is 17.6 Å². The van der Waals surface area contributed by atoms with Gasteiger partial charge in [-0.15, -0.1) is 0 Å². The lowest BCUT2D eigenvalue weighted by Gasteiger charge is -2.19. The first-order valence-electron chi connectivity index (χ1n) is 9.44. The van der Waals surface area contributed by atoms with Crippen molar-refractivity contribution >= 4 is 17.6 Å². The van der Waals surface area contributed by atoms with Crippen molar-refractivity contribution in [3.63, 3.8) is 0 Å². The van der Waals surface area contributed by atoms with Crippen LogP contribution in [0.1, 0.15) is 39.7 Å². The van der Waals surface area contributed by atoms with E-state index in [9.17, 15) is 14.0 Å². The van der Waals surface area contributed by atoms with Crippen LogP contribution in [0, 0.1) is 12.7 Å². The van der Waals surface area contributed by atoms with Crippen molar-refractivity contribution in [2.75, 3.05) is 6.61 Å². The molecule has 1 aromatic heterocycles. The second-order valence-electron chi connectivity index (χ2n) is 6.94. The van der Waals surface area contributed by atoms with E-state index in [-0.39, 0.29) is 5.56 Å². The highest BCUT2D eigenvalue weighted by Gasteiger charge is 2.35. The zero-order valence-corrected chi connectivity index (χ0v) is 16.2. The highest BCUT2D eigenvalue weighted by atomic mass is 19.1. The third-order valence-corrected chi connectivity index (χ3v) is 4.84. The van der Waals surface area contributed by atoms with Crippen molar-refractivity contribution in [1.29, 1.82) is 0 Å². The number of rotatable bonds is 5. The smallest absolute Gasteiger partial charge is 0.341 e. The van der Waals surface area contributed by atoms with Gasteiger partial charge in [-0.1, -0.05) is 42.0 Å². The minimum atomic E-state index is -0.905. The quantitative estimate of drug-likeness (QED) is 0.594. The molecule has 152 valence electrons. The number of carbonyl (C=O) groups excluding carboxylic acids is 2. The minimum absolute atomic E-state index is 0.224. The molecule has 0 aliphatic carbocycles. The predicted molar refractivity (Wildman–Crippen MR) is 107 cm³/mol. The van der Waals surface area contributed by atoms with Gasteiger partial charge in [-0.3, -0.25) is 4.79 Å². The van der Waals surface area contributed by atoms with E-state index in [2.05, 4.69) is 5.10 Å². The van der Waals surface area contributed by atoms with E-state index in [4.69, 9.17) is 9.15 Å². The summed E-state index contributed by atoms with van der Waals surface area (Å²) in [4.78, 5) is 24.9. The maximum absolute atomic E-state index is 13.8. The molecule has 1 aliphatic rings. The van der Waals surface area contributed by atoms with E-state index in [1.807, 2.05) is 31.2 Å². The van der Waals surface area contributed by atoms with Crippen LogP contribution < -0.4 is 0 Å². The monoisotopic (exact) mass is 406 g/mol. The average molecular weight is 406 g/mol. The Hall–Kier alpha value is -3.74. The van der Waals surface area contributed by atoms with Crippen LogP contribution in [0.5, 0.6) is 0 Å². The number of hydrogen-bond donors (Lipinski definition) is 0. The van der Waals surface area contributed by atoms with E-state index >= 15 is 0 Å². The molecule has 0 unspecified atom stereocenters. The molecule has 0 bridgehead atoms. The molecule has 1 amide bonds. The fourth-order valence-corrected chi connectivity index (χ4v) is 3.26. The zero-order valence-electron chi connectivity index (χ0n) is 16.2. The first-order chi connectivity index (χ1) is 14.5. The number of benzene rings is 2. The molecule has 3 aromatic rings. The molecular weight excluding hydrogens is 387 g/mol. The molecule has 0 N–H and O–H groups in total. The van der Waals surface area contributed by atoms with Gasteiger partial charge in [-0.25, -0.2) is 14.2 Å². The van der Waals surface area contributed by atoms with Crippen molar-refractivity contribution in [3.05, 3.63) is 95.2 Å². The Balaban J connectivity index is 1.52. The van der Waals surface area contributed by atoms with Crippen LogP contribution in [0.15, 0.2) is 76.4 Å². The Bertz CT molecular complexity index is 1090. The van der Waals surface area contributed by atoms with Crippen LogP contribution in [-0.4, -0.2) is 29.2 Å². The van der Waals surface area contributed by atoms with Crippen LogP contribution in [-0.2, 0) is 9.53 Å². The topological polar surface area (TPSA) is 72.1 Å². The van der Waals surface area contributed by atoms with Crippen LogP contribution in [0.2, 0.25) is 0 Å². The van der Waals surface area contributed by atoms with Crippen molar-refractivity contribution in [1.82, 2.24) is 5.01 Å². The Morgan fingerprint density at radius 2 is 1.90 bits per heavy atom. The Labute approximate surface area is 172 Å². The Morgan fingerprint density at radius 3 is 2.60 bits per heavy atom. The summed E-state index contributed by atoms with van der Waals surface area (Å²) in [6.07, 6.45) is 1.99. The molecule has 0 spiro atoms. The van der Waals surface area contributed by atoms with Crippen molar-refractivity contribution < 1.29 is 23.1 Å². The Morgan fingerprint density at radius 1 is 1.13 bits per heavy atom. The van der Waals surface area contributed by atoms with Crippen molar-refractivity contribution in [2.24, 2.45) is 5.10 Å². The second kappa shape index (κ2) is 8.32. The summed E-state index contributed by atoms with van der Waals surface area (Å²) in [6, 6.07) is 16.3. The minimum Gasteiger partial charge on any atom is -0.467 e. The predicted octanol–water partition coefficient (Wildman–Crippen LogP) is 4.26. The van der Waals surface area contributed by atoms with Crippen LogP contribution >= 0.6 is 0 Å². The van der Waals surface area contributed by atoms with Gasteiger partial charge in [0.15, 0.2) is 6.61 Å². The highest BCUT2D eigenvalue weighted by Crippen LogP contribution is 2.33. The van der Waals surface area contributed by atoms with Gasteiger partial charge in [0.25, 0.3) is 5.91 Å². The summed E-state index contributed by atoms with van der Waals surface area (Å²) in [5, 5.41) is 5.74. The molecule has 1 aliphatic heterocycles. The standard InChI is InChI=1S/C23H19FN2O4/c1-15-8-10-16(11-9-15)19-13-20(21-7-4-12-29-21)26(25-19)22(27)14-30-23(28)17-5-2-3-6-18(17)24/h2-12,20H,13-14H2,1H3/t20-/m0/s1. The number of hydrazone groups is 1. The number of ether oxygens (including phenoxy) is 1. The summed E-state index contributed by atoms with van der Waals surface area (Å²) in [7, 11) is 0. The number of furan rings is 1. The van der Waals surface area contributed by atoms with Gasteiger partial charge in [-0.2, -0.15) is 5.10 Å². The van der Waals surface area contributed by atoms with Crippen molar-refractivity contribution in [3.8, 4) is 0 Å². The average Bonchev–Trinajstić information content (AvgIpc) is 3.42. The summed E-state index contributed by atoms with van der Waals surface area (Å²) < 4.78 is 24.3. The lowest BCUT2D eigenvalue weighted by Crippen LogP contribution is -2.31. The molecule has 7 heteroatoms. The van der Waals surface area contributed by atoms with Crippen molar-refractivity contribution in [2.45, 2.75) is 19.4 Å². The van der Waals surface area contributed by atoms with Crippen LogP contribution in [0.4, 0.5) is 4.39 Å². The maximum atomic E-state index is 13.8. The summed E-state index contributed by atoms with van der Waals surface area (Å²) in [5.74, 6) is -1.56. The molecule has 2 heterocycles. The molecule has 0 radical (unpaired) electrons. The fourth-order valence-electron chi connectivity index (χ4n) is 3.26. The molecule has 6 nitrogen and oxygen atoms in total. The van der Waals surface area contributed by atoms with Gasteiger partial charge >= 0.3 is 5.97 Å². The lowest BCUT2D eigenvalue weighted by molar-refractivity contribution is -0.136. The number of hydrogen-bond acceptors (Lipinski definition) is 5. The normalized spacial score (nSPS) is 15.7. The first-order valence-corrected chi connectivity index (χ1v) is 9.44. The van der Waals surface area contributed by atoms with Gasteiger partial charge in [-0.05, 0) is 36.8 Å². The van der Waals surface area contributed by atoms with Gasteiger partial charge in [0.05, 0.1) is 17.5 Å². The number of aryl methyl sites for hydroxylation is 1. The number of halogens is 1. The highest BCUT2D eigenvalue weighted by molar-refractivity contribution is 6.03. The van der Waals surface area contributed by atoms with Gasteiger partial charge in [0, 0.05) is 6.42 Å². The number of esters is 1. The maximum Gasteiger partial charge on any atom is 0.341 e. The Kier molecular flexibility index (Phi) is 5.43. The third kappa shape index (κ3) is 4.00. The molecular formula is C23H19FN2O4. The SMILES string of the molecule is Cc1ccc(C2=NN(C(=O)COC(=O)c3ccccc3F)[C@H](c3ccco3)C2)cc1. The van der Waals surface area contributed by atoms with E-state index < -0.39 is 30.3 Å². The molecule has 0 fully saturated rings. The lowest BCUT2D eigenvalue weighted by atomic mass is 10.0. The van der Waals surface area contributed by atoms with E-state index in [1.165, 1.54) is 29.5 Å². The van der Waals surface area contributed by atoms with Gasteiger partial charge in [0.2, 0.25) is 0 Å². The molecule has 1 atom stereocenters. The summed E-state index contributed by atoms with van der Waals surface area (Å²) >= 11 is 0. The largest absolute Gasteiger partial charge is 0.467 e. The molecule has 30 heavy (non-hydrogen) atoms. The molecule has 0 saturated carbocycles. The van der Waals surface area contributed by atoms with Crippen LogP contribution in [0.3, 0.4) is 0 Å². The van der Waals surface area contributed by atoms with E-state index in [0.29, 0.717) is 12.2 Å². The first kappa shape index (κ1) is 19.6. The second-order valence-corrected chi connectivity index (χ2v) is 6.94. The number of carbonyl (C=O) groups is 2. The number of nitrogens with zero attached hydrogens (tertiary/aromatic N) is 2. The molecule has 0 saturated heterocycles. The summed E-state index contributed by atoms with van der Waals surface area (Å²) in [6.45, 7) is 1.43.